The summed E-state index contributed by atoms with van der Waals surface area (Å²) in [5.41, 5.74) is -0.146. The molecule has 25 heavy (non-hydrogen) atoms. The van der Waals surface area contributed by atoms with E-state index in [4.69, 9.17) is 4.74 Å². The molecule has 3 rings (SSSR count). The van der Waals surface area contributed by atoms with Crippen LogP contribution in [0.5, 0.6) is 0 Å². The molecule has 1 amide bonds. The summed E-state index contributed by atoms with van der Waals surface area (Å²) in [7, 11) is 0. The molecule has 10 heteroatoms. The first-order chi connectivity index (χ1) is 11.9. The fraction of sp³-hybridized carbons (Fsp3) is 0.600. The molecule has 4 N–H and O–H groups in total. The van der Waals surface area contributed by atoms with Crippen LogP contribution in [0.4, 0.5) is 5.95 Å². The SMILES string of the molecule is CC(C)CC(=O)Nc1nc2c(ncn2[C@H]2C[C@H](O)[C@@H](CO)O2)c(=O)[nH]1. The number of amides is 1. The van der Waals surface area contributed by atoms with Gasteiger partial charge in [0.2, 0.25) is 11.9 Å². The van der Waals surface area contributed by atoms with Crippen molar-refractivity contribution in [3.05, 3.63) is 16.7 Å². The van der Waals surface area contributed by atoms with Crippen molar-refractivity contribution in [1.29, 1.82) is 0 Å². The Labute approximate surface area is 142 Å². The fourth-order valence-electron chi connectivity index (χ4n) is 2.80. The number of anilines is 1. The monoisotopic (exact) mass is 351 g/mol. The second-order valence-corrected chi connectivity index (χ2v) is 6.50. The number of aliphatic hydroxyl groups excluding tert-OH is 2. The van der Waals surface area contributed by atoms with Crippen LogP contribution in [0.3, 0.4) is 0 Å². The first-order valence-electron chi connectivity index (χ1n) is 8.10. The van der Waals surface area contributed by atoms with E-state index in [0.29, 0.717) is 6.42 Å². The summed E-state index contributed by atoms with van der Waals surface area (Å²) in [6.45, 7) is 3.51. The fourth-order valence-corrected chi connectivity index (χ4v) is 2.80. The third-order valence-corrected chi connectivity index (χ3v) is 3.98. The molecule has 3 heterocycles. The highest BCUT2D eigenvalue weighted by Gasteiger charge is 2.35. The number of imidazole rings is 1. The van der Waals surface area contributed by atoms with E-state index in [1.807, 2.05) is 13.8 Å². The highest BCUT2D eigenvalue weighted by atomic mass is 16.5. The van der Waals surface area contributed by atoms with Gasteiger partial charge in [-0.15, -0.1) is 0 Å². The van der Waals surface area contributed by atoms with E-state index < -0.39 is 24.0 Å². The molecule has 0 radical (unpaired) electrons. The van der Waals surface area contributed by atoms with E-state index >= 15 is 0 Å². The van der Waals surface area contributed by atoms with Crippen LogP contribution in [0, 0.1) is 5.92 Å². The second kappa shape index (κ2) is 6.90. The zero-order valence-electron chi connectivity index (χ0n) is 14.0. The highest BCUT2D eigenvalue weighted by molar-refractivity contribution is 5.89. The van der Waals surface area contributed by atoms with E-state index in [9.17, 15) is 19.8 Å². The first kappa shape index (κ1) is 17.5. The molecule has 1 aliphatic rings. The van der Waals surface area contributed by atoms with Crippen LogP contribution in [0.25, 0.3) is 11.2 Å². The smallest absolute Gasteiger partial charge is 0.280 e. The molecule has 10 nitrogen and oxygen atoms in total. The van der Waals surface area contributed by atoms with Gasteiger partial charge in [0.1, 0.15) is 12.3 Å². The van der Waals surface area contributed by atoms with Gasteiger partial charge in [-0.25, -0.2) is 4.98 Å². The number of aliphatic hydroxyl groups is 2. The van der Waals surface area contributed by atoms with Crippen molar-refractivity contribution >= 4 is 23.0 Å². The normalized spacial score (nSPS) is 23.5. The van der Waals surface area contributed by atoms with Crippen molar-refractivity contribution < 1.29 is 19.7 Å². The van der Waals surface area contributed by atoms with Gasteiger partial charge in [-0.2, -0.15) is 4.98 Å². The van der Waals surface area contributed by atoms with E-state index in [1.165, 1.54) is 10.9 Å². The lowest BCUT2D eigenvalue weighted by Crippen LogP contribution is -2.24. The van der Waals surface area contributed by atoms with Crippen molar-refractivity contribution in [2.45, 2.75) is 45.1 Å². The van der Waals surface area contributed by atoms with Crippen molar-refractivity contribution in [1.82, 2.24) is 19.5 Å². The minimum Gasteiger partial charge on any atom is -0.394 e. The summed E-state index contributed by atoms with van der Waals surface area (Å²) in [4.78, 5) is 34.8. The largest absolute Gasteiger partial charge is 0.394 e. The van der Waals surface area contributed by atoms with Crippen LogP contribution in [0.15, 0.2) is 11.1 Å². The molecule has 1 saturated heterocycles. The predicted molar refractivity (Wildman–Crippen MR) is 87.9 cm³/mol. The van der Waals surface area contributed by atoms with Crippen LogP contribution in [-0.2, 0) is 9.53 Å². The number of nitrogens with zero attached hydrogens (tertiary/aromatic N) is 3. The van der Waals surface area contributed by atoms with Gasteiger partial charge in [0.25, 0.3) is 5.56 Å². The molecule has 0 spiro atoms. The van der Waals surface area contributed by atoms with Crippen molar-refractivity contribution in [3.8, 4) is 0 Å². The number of carbonyl (C=O) groups is 1. The molecule has 0 aromatic carbocycles. The number of ether oxygens (including phenoxy) is 1. The number of fused-ring (bicyclic) bond motifs is 1. The number of hydrogen-bond acceptors (Lipinski definition) is 7. The minimum atomic E-state index is -0.820. The molecule has 0 bridgehead atoms. The Bertz CT molecular complexity index is 829. The maximum Gasteiger partial charge on any atom is 0.280 e. The molecule has 1 fully saturated rings. The molecule has 136 valence electrons. The third-order valence-electron chi connectivity index (χ3n) is 3.98. The van der Waals surface area contributed by atoms with Crippen molar-refractivity contribution in [2.75, 3.05) is 11.9 Å². The number of nitrogens with one attached hydrogen (secondary N) is 2. The molecule has 2 aromatic heterocycles. The minimum absolute atomic E-state index is 0.0298. The summed E-state index contributed by atoms with van der Waals surface area (Å²) in [5.74, 6) is -0.0524. The molecule has 0 saturated carbocycles. The quantitative estimate of drug-likeness (QED) is 0.581. The Hall–Kier alpha value is -2.30. The van der Waals surface area contributed by atoms with Gasteiger partial charge in [0.05, 0.1) is 19.0 Å². The van der Waals surface area contributed by atoms with Gasteiger partial charge in [-0.3, -0.25) is 24.5 Å². The third kappa shape index (κ3) is 3.55. The van der Waals surface area contributed by atoms with Crippen LogP contribution < -0.4 is 10.9 Å². The average molecular weight is 351 g/mol. The zero-order valence-corrected chi connectivity index (χ0v) is 14.0. The van der Waals surface area contributed by atoms with Crippen LogP contribution in [0.1, 0.15) is 32.9 Å². The van der Waals surface area contributed by atoms with Crippen molar-refractivity contribution in [2.24, 2.45) is 5.92 Å². The van der Waals surface area contributed by atoms with Crippen molar-refractivity contribution in [3.63, 3.8) is 0 Å². The highest BCUT2D eigenvalue weighted by Crippen LogP contribution is 2.30. The van der Waals surface area contributed by atoms with Crippen LogP contribution in [0.2, 0.25) is 0 Å². The zero-order chi connectivity index (χ0) is 18.1. The topological polar surface area (TPSA) is 142 Å². The summed E-state index contributed by atoms with van der Waals surface area (Å²) in [6, 6.07) is 0. The molecule has 3 atom stereocenters. The predicted octanol–water partition coefficient (Wildman–Crippen LogP) is -0.255. The van der Waals surface area contributed by atoms with Gasteiger partial charge < -0.3 is 14.9 Å². The van der Waals surface area contributed by atoms with E-state index in [2.05, 4.69) is 20.3 Å². The number of rotatable bonds is 5. The Morgan fingerprint density at radius 3 is 2.96 bits per heavy atom. The lowest BCUT2D eigenvalue weighted by atomic mass is 10.1. The lowest BCUT2D eigenvalue weighted by Gasteiger charge is -2.14. The number of hydrogen-bond donors (Lipinski definition) is 4. The molecule has 0 aliphatic carbocycles. The van der Waals surface area contributed by atoms with Gasteiger partial charge in [0, 0.05) is 12.8 Å². The molecule has 0 unspecified atom stereocenters. The van der Waals surface area contributed by atoms with Gasteiger partial charge >= 0.3 is 0 Å². The maximum atomic E-state index is 12.2. The Morgan fingerprint density at radius 2 is 2.32 bits per heavy atom. The number of carbonyl (C=O) groups excluding carboxylic acids is 1. The lowest BCUT2D eigenvalue weighted by molar-refractivity contribution is -0.116. The Balaban J connectivity index is 1.91. The Morgan fingerprint density at radius 1 is 1.56 bits per heavy atom. The summed E-state index contributed by atoms with van der Waals surface area (Å²) in [6.07, 6.45) is -0.193. The van der Waals surface area contributed by atoms with Gasteiger partial charge in [-0.1, -0.05) is 13.8 Å². The van der Waals surface area contributed by atoms with E-state index in [1.54, 1.807) is 0 Å². The number of aromatic amines is 1. The number of H-pyrrole nitrogens is 1. The summed E-state index contributed by atoms with van der Waals surface area (Å²) in [5, 5.41) is 21.6. The summed E-state index contributed by atoms with van der Waals surface area (Å²) < 4.78 is 7.09. The molecular formula is C15H21N5O5. The van der Waals surface area contributed by atoms with E-state index in [-0.39, 0.29) is 42.0 Å². The van der Waals surface area contributed by atoms with Crippen LogP contribution in [-0.4, -0.2) is 54.5 Å². The number of aromatic nitrogens is 4. The molecular weight excluding hydrogens is 330 g/mol. The van der Waals surface area contributed by atoms with Gasteiger partial charge in [0.15, 0.2) is 11.2 Å². The standard InChI is InChI=1S/C15H21N5O5/c1-7(2)3-10(23)17-15-18-13-12(14(24)19-15)16-6-20(13)11-4-8(22)9(5-21)25-11/h6-9,11,21-22H,3-5H2,1-2H3,(H2,17,18,19,23,24)/t8-,9+,11+/m0/s1. The molecule has 1 aliphatic heterocycles. The van der Waals surface area contributed by atoms with Crippen LogP contribution >= 0.6 is 0 Å². The average Bonchev–Trinajstić information content (AvgIpc) is 3.09. The van der Waals surface area contributed by atoms with E-state index in [0.717, 1.165) is 0 Å². The first-order valence-corrected chi connectivity index (χ1v) is 8.10. The molecule has 2 aromatic rings. The Kier molecular flexibility index (Phi) is 4.84. The summed E-state index contributed by atoms with van der Waals surface area (Å²) >= 11 is 0. The second-order valence-electron chi connectivity index (χ2n) is 6.50. The van der Waals surface area contributed by atoms with Gasteiger partial charge in [-0.05, 0) is 5.92 Å². The maximum absolute atomic E-state index is 12.2.